The van der Waals surface area contributed by atoms with Gasteiger partial charge in [-0.3, -0.25) is 9.59 Å². The third-order valence-electron chi connectivity index (χ3n) is 8.18. The van der Waals surface area contributed by atoms with E-state index in [1.807, 2.05) is 37.1 Å². The number of nitrogens with one attached hydrogen (secondary N) is 1. The molecule has 2 aliphatic heterocycles. The second kappa shape index (κ2) is 11.1. The van der Waals surface area contributed by atoms with Crippen LogP contribution in [0.25, 0.3) is 16.8 Å². The normalized spacial score (nSPS) is 20.2. The van der Waals surface area contributed by atoms with E-state index in [-0.39, 0.29) is 29.7 Å². The minimum Gasteiger partial charge on any atom is -0.381 e. The number of carbonyl (C=O) groups excluding carboxylic acids is 2. The Balaban J connectivity index is 1.45. The zero-order valence-electron chi connectivity index (χ0n) is 22.2. The van der Waals surface area contributed by atoms with Gasteiger partial charge in [0.2, 0.25) is 11.8 Å². The zero-order chi connectivity index (χ0) is 25.9. The Hall–Kier alpha value is -3.19. The molecule has 2 fully saturated rings. The number of nitrogens with zero attached hydrogens (tertiary/aromatic N) is 3. The predicted molar refractivity (Wildman–Crippen MR) is 144 cm³/mol. The molecule has 2 amide bonds. The van der Waals surface area contributed by atoms with Crippen molar-refractivity contribution in [2.75, 3.05) is 19.8 Å². The Kier molecular flexibility index (Phi) is 7.60. The fourth-order valence-corrected chi connectivity index (χ4v) is 5.71. The number of amides is 2. The number of hydrogen-bond donors (Lipinski definition) is 1. The molecule has 2 aromatic heterocycles. The van der Waals surface area contributed by atoms with E-state index in [2.05, 4.69) is 47.1 Å². The van der Waals surface area contributed by atoms with E-state index in [0.717, 1.165) is 54.6 Å². The summed E-state index contributed by atoms with van der Waals surface area (Å²) in [5, 5.41) is 3.14. The van der Waals surface area contributed by atoms with Gasteiger partial charge in [-0.1, -0.05) is 38.1 Å². The Morgan fingerprint density at radius 1 is 1.11 bits per heavy atom. The summed E-state index contributed by atoms with van der Waals surface area (Å²) in [6.07, 6.45) is 8.19. The van der Waals surface area contributed by atoms with E-state index < -0.39 is 6.04 Å². The summed E-state index contributed by atoms with van der Waals surface area (Å²) < 4.78 is 7.63. The molecule has 2 aliphatic rings. The predicted octanol–water partition coefficient (Wildman–Crippen LogP) is 4.93. The van der Waals surface area contributed by atoms with Crippen molar-refractivity contribution in [1.82, 2.24) is 19.6 Å². The van der Waals surface area contributed by atoms with E-state index in [0.29, 0.717) is 19.8 Å². The first kappa shape index (κ1) is 25.5. The highest BCUT2D eigenvalue weighted by molar-refractivity contribution is 5.89. The third kappa shape index (κ3) is 5.14. The number of imidazole rings is 1. The van der Waals surface area contributed by atoms with Gasteiger partial charge < -0.3 is 19.4 Å². The summed E-state index contributed by atoms with van der Waals surface area (Å²) >= 11 is 0. The van der Waals surface area contributed by atoms with Gasteiger partial charge in [-0.25, -0.2) is 4.98 Å². The van der Waals surface area contributed by atoms with Crippen LogP contribution in [0.5, 0.6) is 0 Å². The van der Waals surface area contributed by atoms with Crippen molar-refractivity contribution >= 4 is 17.5 Å². The van der Waals surface area contributed by atoms with Crippen molar-refractivity contribution in [3.63, 3.8) is 0 Å². The van der Waals surface area contributed by atoms with Crippen LogP contribution in [0.1, 0.15) is 63.3 Å². The van der Waals surface area contributed by atoms with Gasteiger partial charge in [0.1, 0.15) is 11.7 Å². The van der Waals surface area contributed by atoms with Crippen LogP contribution in [0.4, 0.5) is 0 Å². The molecule has 0 aliphatic carbocycles. The molecule has 0 radical (unpaired) electrons. The average Bonchev–Trinajstić information content (AvgIpc) is 3.59. The molecule has 37 heavy (non-hydrogen) atoms. The van der Waals surface area contributed by atoms with Gasteiger partial charge in [-0.05, 0) is 68.2 Å². The summed E-state index contributed by atoms with van der Waals surface area (Å²) in [6, 6.07) is 11.9. The molecule has 0 unspecified atom stereocenters. The number of likely N-dealkylation sites (tertiary alicyclic amines) is 1. The molecule has 3 atom stereocenters. The molecule has 0 spiro atoms. The number of aromatic nitrogens is 2. The molecule has 0 saturated carbocycles. The molecule has 0 bridgehead atoms. The maximum atomic E-state index is 14.1. The number of carbonyl (C=O) groups is 2. The lowest BCUT2D eigenvalue weighted by molar-refractivity contribution is -0.140. The van der Waals surface area contributed by atoms with Crippen LogP contribution in [-0.2, 0) is 14.3 Å². The van der Waals surface area contributed by atoms with E-state index in [4.69, 9.17) is 9.72 Å². The van der Waals surface area contributed by atoms with Crippen LogP contribution in [0.3, 0.4) is 0 Å². The monoisotopic (exact) mass is 502 g/mol. The van der Waals surface area contributed by atoms with Gasteiger partial charge in [-0.2, -0.15) is 0 Å². The minimum absolute atomic E-state index is 0.0160. The Morgan fingerprint density at radius 3 is 2.62 bits per heavy atom. The molecular formula is C30H38N4O3. The third-order valence-corrected chi connectivity index (χ3v) is 8.18. The van der Waals surface area contributed by atoms with E-state index >= 15 is 0 Å². The van der Waals surface area contributed by atoms with Gasteiger partial charge in [0.05, 0.1) is 11.7 Å². The quantitative estimate of drug-likeness (QED) is 0.497. The van der Waals surface area contributed by atoms with Crippen molar-refractivity contribution in [3.8, 4) is 11.1 Å². The second-order valence-corrected chi connectivity index (χ2v) is 10.6. The largest absolute Gasteiger partial charge is 0.381 e. The molecule has 3 aromatic rings. The van der Waals surface area contributed by atoms with Gasteiger partial charge in [-0.15, -0.1) is 0 Å². The summed E-state index contributed by atoms with van der Waals surface area (Å²) in [7, 11) is 0. The Labute approximate surface area is 219 Å². The van der Waals surface area contributed by atoms with E-state index in [1.165, 1.54) is 5.56 Å². The van der Waals surface area contributed by atoms with Crippen LogP contribution in [0.15, 0.2) is 48.8 Å². The highest BCUT2D eigenvalue weighted by atomic mass is 16.5. The fraction of sp³-hybridized carbons (Fsp3) is 0.500. The first-order valence-electron chi connectivity index (χ1n) is 13.7. The molecule has 4 heterocycles. The average molecular weight is 503 g/mol. The topological polar surface area (TPSA) is 75.9 Å². The number of benzene rings is 1. The molecule has 2 saturated heterocycles. The lowest BCUT2D eigenvalue weighted by atomic mass is 9.90. The SMILES string of the molecule is CC[C@@H](C)C(=O)N[C@H](C(=O)N1CCC[C@H]1c1cn2cccc(-c3ccccc3C)c2n1)C1CCOCC1. The molecule has 1 aromatic carbocycles. The van der Waals surface area contributed by atoms with Crippen molar-refractivity contribution in [2.24, 2.45) is 11.8 Å². The van der Waals surface area contributed by atoms with Crippen molar-refractivity contribution in [2.45, 2.75) is 65.0 Å². The standard InChI is InChI=1S/C30H38N4O3/c1-4-20(2)29(35)32-27(22-13-17-37-18-14-22)30(36)34-16-8-12-26(34)25-19-33-15-7-11-24(28(33)31-25)23-10-6-5-9-21(23)3/h5-7,9-11,15,19-20,22,26-27H,4,8,12-14,16-18H2,1-3H3,(H,32,35)/t20-,26+,27+/m1/s1. The van der Waals surface area contributed by atoms with Crippen LogP contribution in [0, 0.1) is 18.8 Å². The lowest BCUT2D eigenvalue weighted by Gasteiger charge is -2.35. The smallest absolute Gasteiger partial charge is 0.246 e. The van der Waals surface area contributed by atoms with Crippen LogP contribution in [0.2, 0.25) is 0 Å². The van der Waals surface area contributed by atoms with Crippen molar-refractivity contribution in [1.29, 1.82) is 0 Å². The molecule has 196 valence electrons. The molecule has 7 nitrogen and oxygen atoms in total. The highest BCUT2D eigenvalue weighted by Gasteiger charge is 2.40. The lowest BCUT2D eigenvalue weighted by Crippen LogP contribution is -2.54. The molecule has 1 N–H and O–H groups in total. The molecule has 5 rings (SSSR count). The van der Waals surface area contributed by atoms with Crippen LogP contribution >= 0.6 is 0 Å². The molecule has 7 heteroatoms. The van der Waals surface area contributed by atoms with Crippen molar-refractivity contribution in [3.05, 3.63) is 60.0 Å². The van der Waals surface area contributed by atoms with Gasteiger partial charge in [0, 0.05) is 43.6 Å². The maximum Gasteiger partial charge on any atom is 0.246 e. The molecular weight excluding hydrogens is 464 g/mol. The first-order chi connectivity index (χ1) is 18.0. The summed E-state index contributed by atoms with van der Waals surface area (Å²) in [5.74, 6) is -0.0621. The van der Waals surface area contributed by atoms with Crippen molar-refractivity contribution < 1.29 is 14.3 Å². The van der Waals surface area contributed by atoms with Crippen LogP contribution in [-0.4, -0.2) is 51.9 Å². The van der Waals surface area contributed by atoms with E-state index in [9.17, 15) is 9.59 Å². The number of hydrogen-bond acceptors (Lipinski definition) is 4. The summed E-state index contributed by atoms with van der Waals surface area (Å²) in [5.41, 5.74) is 5.26. The summed E-state index contributed by atoms with van der Waals surface area (Å²) in [4.78, 5) is 34.0. The Bertz CT molecular complexity index is 1260. The van der Waals surface area contributed by atoms with Crippen LogP contribution < -0.4 is 5.32 Å². The zero-order valence-corrected chi connectivity index (χ0v) is 22.2. The van der Waals surface area contributed by atoms with Gasteiger partial charge >= 0.3 is 0 Å². The summed E-state index contributed by atoms with van der Waals surface area (Å²) in [6.45, 7) is 7.98. The number of pyridine rings is 1. The Morgan fingerprint density at radius 2 is 1.86 bits per heavy atom. The number of rotatable bonds is 7. The first-order valence-corrected chi connectivity index (χ1v) is 13.7. The van der Waals surface area contributed by atoms with Gasteiger partial charge in [0.15, 0.2) is 0 Å². The van der Waals surface area contributed by atoms with Gasteiger partial charge in [0.25, 0.3) is 0 Å². The maximum absolute atomic E-state index is 14.1. The number of fused-ring (bicyclic) bond motifs is 1. The number of aryl methyl sites for hydroxylation is 1. The highest BCUT2D eigenvalue weighted by Crippen LogP contribution is 2.35. The minimum atomic E-state index is -0.523. The van der Waals surface area contributed by atoms with E-state index in [1.54, 1.807) is 0 Å². The fourth-order valence-electron chi connectivity index (χ4n) is 5.71. The second-order valence-electron chi connectivity index (χ2n) is 10.6. The number of ether oxygens (including phenoxy) is 1.